The molecule has 0 radical (unpaired) electrons. The number of nitrogens with two attached hydrogens (primary N) is 1. The average molecular weight is 966 g/mol. The van der Waals surface area contributed by atoms with Gasteiger partial charge in [0.25, 0.3) is 23.6 Å². The van der Waals surface area contributed by atoms with Crippen LogP contribution in [0.15, 0.2) is 79.8 Å². The summed E-state index contributed by atoms with van der Waals surface area (Å²) in [5, 5.41) is 60.6. The van der Waals surface area contributed by atoms with E-state index in [0.717, 1.165) is 33.9 Å². The normalized spacial score (nSPS) is 18.3. The molecule has 4 amide bonds. The van der Waals surface area contributed by atoms with Crippen LogP contribution in [0.3, 0.4) is 0 Å². The molecule has 4 aliphatic heterocycles. The Balaban J connectivity index is 0.00000397. The van der Waals surface area contributed by atoms with Crippen LogP contribution >= 0.6 is 46.5 Å². The van der Waals surface area contributed by atoms with Crippen LogP contribution in [0.5, 0.6) is 23.0 Å². The zero-order valence-corrected chi connectivity index (χ0v) is 39.4. The fourth-order valence-corrected chi connectivity index (χ4v) is 9.55. The number of nitrogens with one attached hydrogen (secondary N) is 4. The van der Waals surface area contributed by atoms with Crippen molar-refractivity contribution < 1.29 is 85.3 Å². The molecule has 2 aromatic carbocycles. The van der Waals surface area contributed by atoms with Crippen molar-refractivity contribution in [1.82, 2.24) is 36.6 Å². The number of aromatic nitrogens is 1. The number of aliphatic carboxylic acids is 1. The molecule has 0 aliphatic carbocycles. The van der Waals surface area contributed by atoms with Gasteiger partial charge in [-0.2, -0.15) is 0 Å². The molecule has 3 aromatic rings. The topological polar surface area (TPSA) is 317 Å². The monoisotopic (exact) mass is 965 g/mol. The predicted octanol–water partition coefficient (Wildman–Crippen LogP) is -0.503. The molecule has 1 fully saturated rings. The molecule has 5 heterocycles. The number of fused-ring (bicyclic) bond motifs is 2. The second-order valence-electron chi connectivity index (χ2n) is 14.3. The number of phenolic OH excluding ortho intramolecular Hbond substituents is 4. The van der Waals surface area contributed by atoms with E-state index in [2.05, 4.69) is 36.8 Å². The van der Waals surface area contributed by atoms with Gasteiger partial charge in [0.1, 0.15) is 22.8 Å². The van der Waals surface area contributed by atoms with E-state index in [-0.39, 0.29) is 69.6 Å². The van der Waals surface area contributed by atoms with E-state index in [1.807, 2.05) is 13.8 Å². The first-order valence-electron chi connectivity index (χ1n) is 18.2. The van der Waals surface area contributed by atoms with Gasteiger partial charge < -0.3 is 42.8 Å². The minimum atomic E-state index is -1.83. The Morgan fingerprint density at radius 1 is 1.11 bits per heavy atom. The van der Waals surface area contributed by atoms with Crippen molar-refractivity contribution >= 4 is 98.3 Å². The van der Waals surface area contributed by atoms with Crippen molar-refractivity contribution in [3.63, 3.8) is 0 Å². The van der Waals surface area contributed by atoms with Crippen LogP contribution < -0.4 is 62.0 Å². The van der Waals surface area contributed by atoms with E-state index in [1.165, 1.54) is 66.0 Å². The minimum absolute atomic E-state index is 0. The average Bonchev–Trinajstić information content (AvgIpc) is 3.87. The summed E-state index contributed by atoms with van der Waals surface area (Å²) in [5.74, 6) is -5.85. The van der Waals surface area contributed by atoms with Crippen LogP contribution in [-0.2, 0) is 24.0 Å². The Morgan fingerprint density at radius 2 is 1.84 bits per heavy atom. The largest absolute Gasteiger partial charge is 1.00 e. The molecule has 11 N–H and O–H groups in total. The molecule has 2 atom stereocenters. The number of anilines is 2. The molecular weight excluding hydrogens is 929 g/mol. The van der Waals surface area contributed by atoms with Gasteiger partial charge in [-0.3, -0.25) is 39.9 Å². The maximum Gasteiger partial charge on any atom is 1.00 e. The van der Waals surface area contributed by atoms with Crippen molar-refractivity contribution in [3.8, 4) is 23.0 Å². The summed E-state index contributed by atoms with van der Waals surface area (Å²) in [4.78, 5) is 81.1. The Hall–Kier alpha value is -5.67. The summed E-state index contributed by atoms with van der Waals surface area (Å²) in [7, 11) is 0. The molecule has 22 nitrogen and oxygen atoms in total. The number of rotatable bonds is 12. The van der Waals surface area contributed by atoms with Crippen LogP contribution in [0.25, 0.3) is 0 Å². The van der Waals surface area contributed by atoms with Crippen molar-refractivity contribution in [2.75, 3.05) is 22.2 Å². The maximum absolute atomic E-state index is 13.8. The fourth-order valence-electron chi connectivity index (χ4n) is 6.14. The molecule has 27 heteroatoms. The Bertz CT molecular complexity index is 2640. The number of carbonyl (C=O) groups is 5. The molecule has 332 valence electrons. The van der Waals surface area contributed by atoms with E-state index in [1.54, 1.807) is 11.2 Å². The number of oxime groups is 1. The number of nitrogens with zero attached hydrogens (tertiary/aromatic N) is 6. The third-order valence-corrected chi connectivity index (χ3v) is 13.2. The van der Waals surface area contributed by atoms with E-state index in [9.17, 15) is 49.5 Å². The van der Waals surface area contributed by atoms with Gasteiger partial charge in [0.05, 0.1) is 21.9 Å². The van der Waals surface area contributed by atoms with E-state index in [0.29, 0.717) is 27.8 Å². The van der Waals surface area contributed by atoms with Crippen LogP contribution in [0.2, 0.25) is 5.02 Å². The number of amides is 4. The van der Waals surface area contributed by atoms with Crippen LogP contribution in [0, 0.1) is 0 Å². The number of hydrogen-bond acceptors (Lipinski definition) is 20. The molecule has 0 saturated carbocycles. The predicted molar refractivity (Wildman–Crippen MR) is 233 cm³/mol. The number of phenols is 4. The molecule has 64 heavy (non-hydrogen) atoms. The quantitative estimate of drug-likeness (QED) is 0.0360. The third-order valence-electron chi connectivity index (χ3n) is 9.67. The van der Waals surface area contributed by atoms with Crippen molar-refractivity contribution in [2.45, 2.75) is 44.7 Å². The number of benzene rings is 2. The van der Waals surface area contributed by atoms with Crippen molar-refractivity contribution in [2.24, 2.45) is 10.1 Å². The van der Waals surface area contributed by atoms with Gasteiger partial charge in [-0.1, -0.05) is 16.8 Å². The first-order valence-corrected chi connectivity index (χ1v) is 21.5. The maximum atomic E-state index is 13.8. The summed E-state index contributed by atoms with van der Waals surface area (Å²) in [6, 6.07) is 4.83. The number of allylic oxidation sites excluding steroid dienone is 1. The fraction of sp³-hybridized carbons (Fsp3) is 0.243. The number of β-lactam (4-membered cyclic amide) rings is 1. The molecule has 0 unspecified atom stereocenters. The van der Waals surface area contributed by atoms with Gasteiger partial charge in [-0.15, -0.1) is 40.4 Å². The zero-order valence-electron chi connectivity index (χ0n) is 35.2. The first kappa shape index (κ1) is 47.8. The number of carboxylic acids is 1. The minimum Gasteiger partial charge on any atom is -1.00 e. The third kappa shape index (κ3) is 9.42. The molecule has 4 aliphatic rings. The van der Waals surface area contributed by atoms with Crippen LogP contribution in [-0.4, -0.2) is 110 Å². The summed E-state index contributed by atoms with van der Waals surface area (Å²) < 4.78 is 0. The van der Waals surface area contributed by atoms with E-state index < -0.39 is 75.3 Å². The Morgan fingerprint density at radius 3 is 2.50 bits per heavy atom. The second kappa shape index (κ2) is 18.8. The molecule has 0 bridgehead atoms. The number of thioether (sulfide) groups is 2. The van der Waals surface area contributed by atoms with E-state index >= 15 is 0 Å². The van der Waals surface area contributed by atoms with Gasteiger partial charge in [0, 0.05) is 39.8 Å². The number of carbonyl (C=O) groups excluding carboxylic acids is 4. The molecule has 1 saturated heterocycles. The van der Waals surface area contributed by atoms with Gasteiger partial charge in [-0.25, -0.2) is 19.8 Å². The molecular formula is C37H37ClN11NaO11S3. The zero-order chi connectivity index (χ0) is 45.7. The summed E-state index contributed by atoms with van der Waals surface area (Å²) in [5.41, 5.74) is 12.9. The summed E-state index contributed by atoms with van der Waals surface area (Å²) in [6.07, 6.45) is 1.65. The van der Waals surface area contributed by atoms with Gasteiger partial charge in [0.2, 0.25) is 5.60 Å². The smallest absolute Gasteiger partial charge is 1.00 e. The van der Waals surface area contributed by atoms with Crippen molar-refractivity contribution in [3.05, 3.63) is 85.9 Å². The number of hydrogen-bond donors (Lipinski definition) is 10. The van der Waals surface area contributed by atoms with E-state index in [4.69, 9.17) is 22.2 Å². The number of aliphatic imine (C=N–C) groups is 1. The van der Waals surface area contributed by atoms with Crippen molar-refractivity contribution in [1.29, 1.82) is 0 Å². The standard InChI is InChI=1S/C37H36ClN11O11S3.Na.H/c1-14-15(2)40-24-10-47(18-8-19(38)28(53)23(52)9-18)46-49(24)32(14)61-11-17-12-62-33-26(31(56)48(33)27(17)34(57)58)42-30(55)25(20-13-63-36(39)41-20)45-60-37(3,4)35(59)44-43-29(54)16-5-6-21(50)22(51)7-16;;/h5-10,13,26,33,46,50-53H,11-12H2,1-4H3,(H2,39,41)(H,42,55)(H,43,54)(H,44,59)(H,57,58);;/q;+1;-1/t26-,33-;;/m1../s1. The number of halogens is 1. The molecule has 7 rings (SSSR count). The Labute approximate surface area is 403 Å². The van der Waals surface area contributed by atoms with Gasteiger partial charge in [0.15, 0.2) is 39.7 Å². The van der Waals surface area contributed by atoms with Crippen LogP contribution in [0.4, 0.5) is 10.8 Å². The molecule has 1 aromatic heterocycles. The number of thiazole rings is 1. The SMILES string of the molecule is CC1=NC2=CN(c3cc(O)c(O)c(Cl)c3)NN2C(SCC2=C(C(=O)O)N3C(=O)[C@@H](NC(=O)C(=NOC(C)(C)C(=O)NNC(=O)c4ccc(O)c(O)c4)c4csc(N)n4)[C@H]3SC2)=C1C.[H-].[Na+]. The number of hydrazine groups is 3. The number of aromatic hydroxyl groups is 4. The molecule has 0 spiro atoms. The summed E-state index contributed by atoms with van der Waals surface area (Å²) in [6.45, 7) is 6.23. The summed E-state index contributed by atoms with van der Waals surface area (Å²) >= 11 is 9.61. The number of carboxylic acid groups (broad SMARTS) is 1. The second-order valence-corrected chi connectivity index (χ2v) is 17.7. The van der Waals surface area contributed by atoms with Gasteiger partial charge in [-0.05, 0) is 57.5 Å². The first-order chi connectivity index (χ1) is 29.7. The Kier molecular flexibility index (Phi) is 14.1. The van der Waals surface area contributed by atoms with Crippen LogP contribution in [0.1, 0.15) is 45.2 Å². The number of nitrogen functional groups attached to an aromatic ring is 1. The van der Waals surface area contributed by atoms with Gasteiger partial charge >= 0.3 is 35.5 Å².